The first-order valence-corrected chi connectivity index (χ1v) is 11.1. The lowest BCUT2D eigenvalue weighted by atomic mass is 9.73. The molecule has 0 N–H and O–H groups in total. The Bertz CT molecular complexity index is 728. The minimum Gasteiger partial charge on any atom is -0.349 e. The molecule has 1 saturated heterocycles. The van der Waals surface area contributed by atoms with Crippen LogP contribution in [0.2, 0.25) is 0 Å². The zero-order valence-electron chi connectivity index (χ0n) is 17.5. The van der Waals surface area contributed by atoms with Crippen molar-refractivity contribution in [3.63, 3.8) is 0 Å². The molecule has 4 heteroatoms. The molecule has 0 aromatic heterocycles. The van der Waals surface area contributed by atoms with E-state index >= 15 is 0 Å². The van der Waals surface area contributed by atoms with Crippen molar-refractivity contribution in [2.24, 2.45) is 5.92 Å². The minimum absolute atomic E-state index is 0.151. The Hall–Kier alpha value is -1.84. The number of nitrogens with zero attached hydrogens (tertiary/aromatic N) is 2. The van der Waals surface area contributed by atoms with Crippen LogP contribution in [-0.4, -0.2) is 48.8 Å². The highest BCUT2D eigenvalue weighted by molar-refractivity contribution is 5.77. The Kier molecular flexibility index (Phi) is 5.48. The molecule has 152 valence electrons. The Labute approximate surface area is 169 Å². The van der Waals surface area contributed by atoms with Crippen LogP contribution in [0.3, 0.4) is 0 Å². The van der Waals surface area contributed by atoms with Crippen molar-refractivity contribution in [2.75, 3.05) is 27.2 Å². The van der Waals surface area contributed by atoms with Gasteiger partial charge in [-0.2, -0.15) is 0 Å². The normalized spacial score (nSPS) is 23.8. The van der Waals surface area contributed by atoms with Gasteiger partial charge >= 0.3 is 0 Å². The summed E-state index contributed by atoms with van der Waals surface area (Å²) in [5.74, 6) is 1.51. The molecule has 2 amide bonds. The number of carbonyl (C=O) groups excluding carboxylic acids is 2. The Morgan fingerprint density at radius 2 is 1.75 bits per heavy atom. The number of fused-ring (bicyclic) bond motifs is 2. The van der Waals surface area contributed by atoms with Gasteiger partial charge in [0.1, 0.15) is 0 Å². The smallest absolute Gasteiger partial charge is 0.222 e. The highest BCUT2D eigenvalue weighted by atomic mass is 16.2. The number of likely N-dealkylation sites (tertiary alicyclic amines) is 1. The highest BCUT2D eigenvalue weighted by Crippen LogP contribution is 2.52. The Balaban J connectivity index is 1.44. The lowest BCUT2D eigenvalue weighted by Gasteiger charge is -2.40. The van der Waals surface area contributed by atoms with E-state index in [1.54, 1.807) is 4.90 Å². The average molecular weight is 383 g/mol. The van der Waals surface area contributed by atoms with E-state index in [1.807, 2.05) is 14.1 Å². The van der Waals surface area contributed by atoms with Crippen LogP contribution < -0.4 is 0 Å². The minimum atomic E-state index is 0.151. The summed E-state index contributed by atoms with van der Waals surface area (Å²) >= 11 is 0. The van der Waals surface area contributed by atoms with E-state index in [1.165, 1.54) is 36.8 Å². The summed E-state index contributed by atoms with van der Waals surface area (Å²) in [6, 6.07) is 8.72. The van der Waals surface area contributed by atoms with Gasteiger partial charge in [0, 0.05) is 40.0 Å². The van der Waals surface area contributed by atoms with Crippen LogP contribution in [-0.2, 0) is 15.0 Å². The van der Waals surface area contributed by atoms with Crippen LogP contribution in [0.15, 0.2) is 24.3 Å². The van der Waals surface area contributed by atoms with Crippen molar-refractivity contribution in [2.45, 2.75) is 69.1 Å². The fraction of sp³-hybridized carbons (Fsp3) is 0.667. The molecule has 0 radical (unpaired) electrons. The SMILES string of the molecule is CN(C)C(=O)C[C@@H]1CC2(CCN(C(=O)CC3CCCC3)CC2)c2ccccc21. The summed E-state index contributed by atoms with van der Waals surface area (Å²) in [4.78, 5) is 28.9. The van der Waals surface area contributed by atoms with E-state index in [4.69, 9.17) is 0 Å². The van der Waals surface area contributed by atoms with Gasteiger partial charge in [0.15, 0.2) is 0 Å². The van der Waals surface area contributed by atoms with E-state index in [2.05, 4.69) is 29.2 Å². The maximum Gasteiger partial charge on any atom is 0.222 e. The third kappa shape index (κ3) is 3.70. The van der Waals surface area contributed by atoms with Crippen molar-refractivity contribution >= 4 is 11.8 Å². The number of benzene rings is 1. The summed E-state index contributed by atoms with van der Waals surface area (Å²) in [7, 11) is 3.68. The summed E-state index contributed by atoms with van der Waals surface area (Å²) in [6.07, 6.45) is 9.53. The average Bonchev–Trinajstić information content (AvgIpc) is 3.30. The molecule has 3 aliphatic rings. The summed E-state index contributed by atoms with van der Waals surface area (Å²) in [5, 5.41) is 0. The molecule has 4 nitrogen and oxygen atoms in total. The topological polar surface area (TPSA) is 40.6 Å². The van der Waals surface area contributed by atoms with Crippen LogP contribution in [0.4, 0.5) is 0 Å². The van der Waals surface area contributed by atoms with Gasteiger partial charge in [0.25, 0.3) is 0 Å². The number of hydrogen-bond donors (Lipinski definition) is 0. The quantitative estimate of drug-likeness (QED) is 0.787. The summed E-state index contributed by atoms with van der Waals surface area (Å²) < 4.78 is 0. The number of carbonyl (C=O) groups is 2. The van der Waals surface area contributed by atoms with Gasteiger partial charge in [-0.15, -0.1) is 0 Å². The molecule has 1 aromatic rings. The van der Waals surface area contributed by atoms with Gasteiger partial charge in [-0.25, -0.2) is 0 Å². The maximum absolute atomic E-state index is 12.8. The van der Waals surface area contributed by atoms with Crippen molar-refractivity contribution in [1.82, 2.24) is 9.80 Å². The van der Waals surface area contributed by atoms with E-state index in [0.717, 1.165) is 38.8 Å². The molecule has 1 spiro atoms. The third-order valence-corrected chi connectivity index (χ3v) is 7.54. The first kappa shape index (κ1) is 19.5. The predicted molar refractivity (Wildman–Crippen MR) is 111 cm³/mol. The largest absolute Gasteiger partial charge is 0.349 e. The zero-order valence-corrected chi connectivity index (χ0v) is 17.5. The van der Waals surface area contributed by atoms with Gasteiger partial charge in [0.2, 0.25) is 11.8 Å². The molecule has 1 heterocycles. The van der Waals surface area contributed by atoms with E-state index in [0.29, 0.717) is 24.2 Å². The van der Waals surface area contributed by atoms with Gasteiger partial charge < -0.3 is 9.80 Å². The molecular formula is C24H34N2O2. The van der Waals surface area contributed by atoms with Crippen LogP contribution in [0.5, 0.6) is 0 Å². The van der Waals surface area contributed by atoms with E-state index < -0.39 is 0 Å². The van der Waals surface area contributed by atoms with Crippen molar-refractivity contribution in [3.05, 3.63) is 35.4 Å². The van der Waals surface area contributed by atoms with Gasteiger partial charge in [0.05, 0.1) is 0 Å². The number of amides is 2. The maximum atomic E-state index is 12.8. The molecule has 1 atom stereocenters. The Morgan fingerprint density at radius 1 is 1.07 bits per heavy atom. The second-order valence-corrected chi connectivity index (χ2v) is 9.50. The molecule has 2 aliphatic carbocycles. The monoisotopic (exact) mass is 382 g/mol. The standard InChI is InChI=1S/C24H34N2O2/c1-25(2)22(27)16-19-17-24(21-10-6-5-9-20(19)21)11-13-26(14-12-24)23(28)15-18-7-3-4-8-18/h5-6,9-10,18-19H,3-4,7-8,11-17H2,1-2H3/t19-/m1/s1. The lowest BCUT2D eigenvalue weighted by molar-refractivity contribution is -0.133. The van der Waals surface area contributed by atoms with E-state index in [9.17, 15) is 9.59 Å². The fourth-order valence-corrected chi connectivity index (χ4v) is 5.85. The third-order valence-electron chi connectivity index (χ3n) is 7.54. The summed E-state index contributed by atoms with van der Waals surface area (Å²) in [6.45, 7) is 1.74. The molecule has 1 saturated carbocycles. The predicted octanol–water partition coefficient (Wildman–Crippen LogP) is 4.09. The van der Waals surface area contributed by atoms with Crippen molar-refractivity contribution in [1.29, 1.82) is 0 Å². The second-order valence-electron chi connectivity index (χ2n) is 9.50. The van der Waals surface area contributed by atoms with Gasteiger partial charge in [-0.1, -0.05) is 37.1 Å². The number of piperidine rings is 1. The second kappa shape index (κ2) is 7.88. The number of rotatable bonds is 4. The van der Waals surface area contributed by atoms with Gasteiger partial charge in [-0.3, -0.25) is 9.59 Å². The first-order valence-electron chi connectivity index (χ1n) is 11.1. The fourth-order valence-electron chi connectivity index (χ4n) is 5.85. The molecule has 1 aromatic carbocycles. The van der Waals surface area contributed by atoms with Gasteiger partial charge in [-0.05, 0) is 60.5 Å². The molecule has 28 heavy (non-hydrogen) atoms. The van der Waals surface area contributed by atoms with Crippen LogP contribution in [0.25, 0.3) is 0 Å². The molecule has 2 fully saturated rings. The first-order chi connectivity index (χ1) is 13.5. The summed E-state index contributed by atoms with van der Waals surface area (Å²) in [5.41, 5.74) is 2.95. The van der Waals surface area contributed by atoms with Crippen molar-refractivity contribution in [3.8, 4) is 0 Å². The highest BCUT2D eigenvalue weighted by Gasteiger charge is 2.46. The molecule has 4 rings (SSSR count). The zero-order chi connectivity index (χ0) is 19.7. The van der Waals surface area contributed by atoms with E-state index in [-0.39, 0.29) is 11.3 Å². The molecule has 1 aliphatic heterocycles. The van der Waals surface area contributed by atoms with Crippen LogP contribution >= 0.6 is 0 Å². The van der Waals surface area contributed by atoms with Crippen LogP contribution in [0.1, 0.15) is 74.8 Å². The molecular weight excluding hydrogens is 348 g/mol. The molecule has 0 bridgehead atoms. The van der Waals surface area contributed by atoms with Crippen LogP contribution in [0, 0.1) is 5.92 Å². The van der Waals surface area contributed by atoms with Crippen molar-refractivity contribution < 1.29 is 9.59 Å². The lowest BCUT2D eigenvalue weighted by Crippen LogP contribution is -2.44. The Morgan fingerprint density at radius 3 is 2.43 bits per heavy atom. The number of hydrogen-bond acceptors (Lipinski definition) is 2. The molecule has 0 unspecified atom stereocenters.